The maximum atomic E-state index is 13.1. The van der Waals surface area contributed by atoms with Crippen molar-refractivity contribution in [1.82, 2.24) is 0 Å². The Bertz CT molecular complexity index is 346. The molecule has 1 aromatic rings. The molecule has 0 radical (unpaired) electrons. The van der Waals surface area contributed by atoms with Crippen molar-refractivity contribution in [3.8, 4) is 5.75 Å². The van der Waals surface area contributed by atoms with E-state index in [0.29, 0.717) is 12.0 Å². The lowest BCUT2D eigenvalue weighted by molar-refractivity contribution is 0.249. The van der Waals surface area contributed by atoms with E-state index in [9.17, 15) is 8.78 Å². The van der Waals surface area contributed by atoms with Gasteiger partial charge in [-0.3, -0.25) is 0 Å². The third kappa shape index (κ3) is 1.96. The first kappa shape index (κ1) is 11.2. The number of benzene rings is 1. The van der Waals surface area contributed by atoms with Crippen molar-refractivity contribution in [2.75, 3.05) is 6.61 Å². The smallest absolute Gasteiger partial charge is 0.168 e. The summed E-state index contributed by atoms with van der Waals surface area (Å²) >= 11 is 0. The van der Waals surface area contributed by atoms with Gasteiger partial charge < -0.3 is 10.5 Å². The second kappa shape index (κ2) is 4.11. The van der Waals surface area contributed by atoms with E-state index in [-0.39, 0.29) is 30.8 Å². The van der Waals surface area contributed by atoms with Crippen molar-refractivity contribution in [3.63, 3.8) is 0 Å². The fraction of sp³-hybridized carbons (Fsp3) is 0.333. The quantitative estimate of drug-likeness (QED) is 0.723. The van der Waals surface area contributed by atoms with Crippen molar-refractivity contribution in [1.29, 1.82) is 0 Å². The zero-order valence-electron chi connectivity index (χ0n) is 7.30. The van der Waals surface area contributed by atoms with Gasteiger partial charge in [-0.05, 0) is 12.5 Å². The Labute approximate surface area is 86.5 Å². The number of hydrogen-bond donors (Lipinski definition) is 1. The van der Waals surface area contributed by atoms with Crippen LogP contribution in [0.3, 0.4) is 0 Å². The number of rotatable bonds is 0. The zero-order chi connectivity index (χ0) is 9.42. The maximum absolute atomic E-state index is 13.1. The topological polar surface area (TPSA) is 35.2 Å². The molecule has 78 valence electrons. The number of hydrogen-bond acceptors (Lipinski definition) is 2. The number of halogens is 3. The summed E-state index contributed by atoms with van der Waals surface area (Å²) in [5.74, 6) is -1.10. The second-order valence-corrected chi connectivity index (χ2v) is 3.15. The van der Waals surface area contributed by atoms with Crippen LogP contribution in [-0.4, -0.2) is 12.6 Å². The van der Waals surface area contributed by atoms with Gasteiger partial charge in [-0.2, -0.15) is 0 Å². The molecule has 0 aliphatic carbocycles. The molecule has 0 fully saturated rings. The Morgan fingerprint density at radius 1 is 1.36 bits per heavy atom. The molecule has 0 saturated heterocycles. The fourth-order valence-corrected chi connectivity index (χ4v) is 1.46. The average Bonchev–Trinajstić information content (AvgIpc) is 2.02. The summed E-state index contributed by atoms with van der Waals surface area (Å²) in [7, 11) is 0. The van der Waals surface area contributed by atoms with Crippen LogP contribution in [0.4, 0.5) is 8.78 Å². The fourth-order valence-electron chi connectivity index (χ4n) is 1.46. The summed E-state index contributed by atoms with van der Waals surface area (Å²) in [6.45, 7) is 0.287. The summed E-state index contributed by atoms with van der Waals surface area (Å²) in [4.78, 5) is 0. The Hall–Kier alpha value is -0.870. The minimum absolute atomic E-state index is 0. The molecule has 5 heteroatoms. The van der Waals surface area contributed by atoms with E-state index >= 15 is 0 Å². The largest absolute Gasteiger partial charge is 0.489 e. The Balaban J connectivity index is 0.000000980. The van der Waals surface area contributed by atoms with E-state index in [1.807, 2.05) is 0 Å². The van der Waals surface area contributed by atoms with Gasteiger partial charge in [-0.25, -0.2) is 8.78 Å². The highest BCUT2D eigenvalue weighted by molar-refractivity contribution is 5.85. The van der Waals surface area contributed by atoms with Crippen LogP contribution < -0.4 is 10.5 Å². The summed E-state index contributed by atoms with van der Waals surface area (Å²) in [5, 5.41) is 0. The minimum atomic E-state index is -0.651. The van der Waals surface area contributed by atoms with Crippen molar-refractivity contribution in [2.24, 2.45) is 5.73 Å². The van der Waals surface area contributed by atoms with Crippen molar-refractivity contribution >= 4 is 12.4 Å². The molecule has 0 spiro atoms. The standard InChI is InChI=1S/C9H9F2NO.ClH/c10-6-1-5-2-7(12)4-13-9(5)8(11)3-6;/h1,3,7H,2,4,12H2;1H/t7-;/m1./s1. The Morgan fingerprint density at radius 2 is 2.07 bits per heavy atom. The lowest BCUT2D eigenvalue weighted by atomic mass is 10.0. The monoisotopic (exact) mass is 221 g/mol. The van der Waals surface area contributed by atoms with Crippen molar-refractivity contribution < 1.29 is 13.5 Å². The van der Waals surface area contributed by atoms with E-state index in [4.69, 9.17) is 10.5 Å². The molecular weight excluding hydrogens is 212 g/mol. The zero-order valence-corrected chi connectivity index (χ0v) is 8.11. The van der Waals surface area contributed by atoms with Crippen LogP contribution in [0.5, 0.6) is 5.75 Å². The molecule has 0 aromatic heterocycles. The van der Waals surface area contributed by atoms with Gasteiger partial charge in [-0.1, -0.05) is 0 Å². The number of nitrogens with two attached hydrogens (primary N) is 1. The van der Waals surface area contributed by atoms with Crippen LogP contribution in [0.1, 0.15) is 5.56 Å². The summed E-state index contributed by atoms with van der Waals surface area (Å²) < 4.78 is 30.9. The van der Waals surface area contributed by atoms with Crippen molar-refractivity contribution in [3.05, 3.63) is 29.3 Å². The minimum Gasteiger partial charge on any atom is -0.489 e. The lowest BCUT2D eigenvalue weighted by Crippen LogP contribution is -2.34. The third-order valence-electron chi connectivity index (χ3n) is 2.01. The van der Waals surface area contributed by atoms with Gasteiger partial charge >= 0.3 is 0 Å². The second-order valence-electron chi connectivity index (χ2n) is 3.15. The molecule has 1 aliphatic heterocycles. The molecule has 0 unspecified atom stereocenters. The van der Waals surface area contributed by atoms with Crippen LogP contribution in [-0.2, 0) is 6.42 Å². The molecule has 2 rings (SSSR count). The predicted octanol–water partition coefficient (Wildman–Crippen LogP) is 1.65. The van der Waals surface area contributed by atoms with E-state index < -0.39 is 11.6 Å². The summed E-state index contributed by atoms with van der Waals surface area (Å²) in [6.07, 6.45) is 0.462. The van der Waals surface area contributed by atoms with Crippen LogP contribution in [0.15, 0.2) is 12.1 Å². The highest BCUT2D eigenvalue weighted by atomic mass is 35.5. The van der Waals surface area contributed by atoms with Gasteiger partial charge in [0.15, 0.2) is 11.6 Å². The van der Waals surface area contributed by atoms with Crippen LogP contribution >= 0.6 is 12.4 Å². The number of fused-ring (bicyclic) bond motifs is 1. The Morgan fingerprint density at radius 3 is 2.79 bits per heavy atom. The number of ether oxygens (including phenoxy) is 1. The first-order valence-electron chi connectivity index (χ1n) is 4.03. The first-order chi connectivity index (χ1) is 6.16. The molecule has 1 heterocycles. The highest BCUT2D eigenvalue weighted by Crippen LogP contribution is 2.28. The molecule has 1 atom stereocenters. The van der Waals surface area contributed by atoms with E-state index in [2.05, 4.69) is 0 Å². The molecular formula is C9H10ClF2NO. The lowest BCUT2D eigenvalue weighted by Gasteiger charge is -2.22. The summed E-state index contributed by atoms with van der Waals surface area (Å²) in [5.41, 5.74) is 6.09. The predicted molar refractivity (Wildman–Crippen MR) is 50.8 cm³/mol. The molecule has 2 nitrogen and oxygen atoms in total. The molecule has 2 N–H and O–H groups in total. The molecule has 14 heavy (non-hydrogen) atoms. The van der Waals surface area contributed by atoms with Gasteiger partial charge in [0.05, 0.1) is 0 Å². The normalized spacial score (nSPS) is 19.2. The first-order valence-corrected chi connectivity index (χ1v) is 4.03. The van der Waals surface area contributed by atoms with Gasteiger partial charge in [0.2, 0.25) is 0 Å². The molecule has 1 aromatic carbocycles. The molecule has 0 bridgehead atoms. The van der Waals surface area contributed by atoms with E-state index in [1.54, 1.807) is 0 Å². The highest BCUT2D eigenvalue weighted by Gasteiger charge is 2.20. The van der Waals surface area contributed by atoms with Gasteiger partial charge in [0, 0.05) is 17.7 Å². The van der Waals surface area contributed by atoms with E-state index in [1.165, 1.54) is 6.07 Å². The molecule has 0 saturated carbocycles. The Kier molecular flexibility index (Phi) is 3.29. The molecule has 0 amide bonds. The third-order valence-corrected chi connectivity index (χ3v) is 2.01. The SMILES string of the molecule is Cl.N[C@H]1COc2c(F)cc(F)cc2C1. The molecule has 1 aliphatic rings. The van der Waals surface area contributed by atoms with Crippen LogP contribution in [0, 0.1) is 11.6 Å². The van der Waals surface area contributed by atoms with E-state index in [0.717, 1.165) is 6.07 Å². The van der Waals surface area contributed by atoms with Crippen LogP contribution in [0.2, 0.25) is 0 Å². The van der Waals surface area contributed by atoms with Gasteiger partial charge in [-0.15, -0.1) is 12.4 Å². The van der Waals surface area contributed by atoms with Gasteiger partial charge in [0.1, 0.15) is 12.4 Å². The average molecular weight is 222 g/mol. The van der Waals surface area contributed by atoms with Crippen LogP contribution in [0.25, 0.3) is 0 Å². The maximum Gasteiger partial charge on any atom is 0.168 e. The van der Waals surface area contributed by atoms with Gasteiger partial charge in [0.25, 0.3) is 0 Å². The van der Waals surface area contributed by atoms with Crippen molar-refractivity contribution in [2.45, 2.75) is 12.5 Å². The summed E-state index contributed by atoms with van der Waals surface area (Å²) in [6, 6.07) is 1.90.